The molecule has 25 heavy (non-hydrogen) atoms. The Morgan fingerprint density at radius 2 is 1.84 bits per heavy atom. The van der Waals surface area contributed by atoms with E-state index in [0.29, 0.717) is 24.7 Å². The first kappa shape index (κ1) is 18.7. The van der Waals surface area contributed by atoms with Crippen molar-refractivity contribution < 1.29 is 14.3 Å². The number of nitrogens with zero attached hydrogens (tertiary/aromatic N) is 2. The third kappa shape index (κ3) is 6.39. The molecule has 0 aliphatic rings. The van der Waals surface area contributed by atoms with Gasteiger partial charge in [-0.05, 0) is 42.7 Å². The van der Waals surface area contributed by atoms with Crippen LogP contribution in [0.15, 0.2) is 36.4 Å². The molecule has 7 nitrogen and oxygen atoms in total. The molecule has 1 heterocycles. The molecule has 2 rings (SSSR count). The van der Waals surface area contributed by atoms with Crippen LogP contribution < -0.4 is 15.4 Å². The predicted molar refractivity (Wildman–Crippen MR) is 96.0 cm³/mol. The lowest BCUT2D eigenvalue weighted by atomic mass is 10.1. The molecule has 1 aromatic carbocycles. The molecular formula is C18H24N4O3. The molecule has 0 bridgehead atoms. The Morgan fingerprint density at radius 1 is 1.04 bits per heavy atom. The van der Waals surface area contributed by atoms with Gasteiger partial charge in [0.2, 0.25) is 0 Å². The van der Waals surface area contributed by atoms with Gasteiger partial charge in [-0.3, -0.25) is 4.79 Å². The van der Waals surface area contributed by atoms with E-state index in [9.17, 15) is 4.79 Å². The molecule has 0 saturated carbocycles. The lowest BCUT2D eigenvalue weighted by Gasteiger charge is -2.07. The quantitative estimate of drug-likeness (QED) is 0.641. The summed E-state index contributed by atoms with van der Waals surface area (Å²) in [6.07, 6.45) is 1.62. The first-order chi connectivity index (χ1) is 12.2. The summed E-state index contributed by atoms with van der Waals surface area (Å²) < 4.78 is 10.1. The number of nitrogens with one attached hydrogen (secondary N) is 2. The molecule has 134 valence electrons. The van der Waals surface area contributed by atoms with Gasteiger partial charge in [-0.2, -0.15) is 0 Å². The summed E-state index contributed by atoms with van der Waals surface area (Å²) in [4.78, 5) is 11.9. The molecule has 0 spiro atoms. The van der Waals surface area contributed by atoms with Gasteiger partial charge in [0.15, 0.2) is 5.69 Å². The van der Waals surface area contributed by atoms with E-state index in [1.807, 2.05) is 24.3 Å². The number of methoxy groups -OCH3 is 2. The Kier molecular flexibility index (Phi) is 7.65. The molecule has 0 radical (unpaired) electrons. The van der Waals surface area contributed by atoms with E-state index in [4.69, 9.17) is 9.47 Å². The van der Waals surface area contributed by atoms with Crippen molar-refractivity contribution in [3.8, 4) is 5.75 Å². The average molecular weight is 344 g/mol. The minimum Gasteiger partial charge on any atom is -0.497 e. The number of ether oxygens (including phenoxy) is 2. The second-order valence-electron chi connectivity index (χ2n) is 5.43. The third-order valence-electron chi connectivity index (χ3n) is 3.59. The Hall–Kier alpha value is -2.67. The first-order valence-corrected chi connectivity index (χ1v) is 8.20. The van der Waals surface area contributed by atoms with E-state index in [1.165, 1.54) is 5.56 Å². The molecule has 1 amide bonds. The summed E-state index contributed by atoms with van der Waals surface area (Å²) in [5.74, 6) is 1.26. The van der Waals surface area contributed by atoms with Gasteiger partial charge in [0, 0.05) is 26.8 Å². The average Bonchev–Trinajstić information content (AvgIpc) is 2.66. The minimum atomic E-state index is -0.228. The molecule has 2 aromatic rings. The smallest absolute Gasteiger partial charge is 0.271 e. The van der Waals surface area contributed by atoms with Gasteiger partial charge < -0.3 is 20.1 Å². The lowest BCUT2D eigenvalue weighted by Crippen LogP contribution is -2.26. The van der Waals surface area contributed by atoms with E-state index >= 15 is 0 Å². The van der Waals surface area contributed by atoms with Gasteiger partial charge in [0.25, 0.3) is 5.91 Å². The monoisotopic (exact) mass is 344 g/mol. The summed E-state index contributed by atoms with van der Waals surface area (Å²) in [6, 6.07) is 11.4. The zero-order valence-corrected chi connectivity index (χ0v) is 14.6. The lowest BCUT2D eigenvalue weighted by molar-refractivity contribution is 0.0942. The largest absolute Gasteiger partial charge is 0.497 e. The molecule has 0 aliphatic carbocycles. The number of benzene rings is 1. The topological polar surface area (TPSA) is 85.4 Å². The van der Waals surface area contributed by atoms with Gasteiger partial charge in [-0.15, -0.1) is 10.2 Å². The fourth-order valence-corrected chi connectivity index (χ4v) is 2.18. The number of carbonyl (C=O) groups is 1. The molecule has 0 unspecified atom stereocenters. The van der Waals surface area contributed by atoms with Gasteiger partial charge in [0.05, 0.1) is 7.11 Å². The van der Waals surface area contributed by atoms with Crippen LogP contribution in [0.3, 0.4) is 0 Å². The Morgan fingerprint density at radius 3 is 2.48 bits per heavy atom. The number of hydrogen-bond donors (Lipinski definition) is 2. The zero-order chi connectivity index (χ0) is 17.9. The molecular weight excluding hydrogens is 320 g/mol. The van der Waals surface area contributed by atoms with Crippen molar-refractivity contribution in [2.45, 2.75) is 12.8 Å². The Labute approximate surface area is 147 Å². The van der Waals surface area contributed by atoms with Crippen molar-refractivity contribution in [1.82, 2.24) is 15.5 Å². The number of hydrogen-bond acceptors (Lipinski definition) is 6. The molecule has 7 heteroatoms. The minimum absolute atomic E-state index is 0.228. The maximum atomic E-state index is 11.9. The van der Waals surface area contributed by atoms with Crippen molar-refractivity contribution >= 4 is 11.7 Å². The molecule has 0 fully saturated rings. The maximum Gasteiger partial charge on any atom is 0.271 e. The fourth-order valence-electron chi connectivity index (χ4n) is 2.18. The van der Waals surface area contributed by atoms with E-state index in [2.05, 4.69) is 20.8 Å². The highest BCUT2D eigenvalue weighted by molar-refractivity contribution is 5.92. The number of aromatic nitrogens is 2. The number of anilines is 1. The Balaban J connectivity index is 1.74. The van der Waals surface area contributed by atoms with E-state index < -0.39 is 0 Å². The van der Waals surface area contributed by atoms with Gasteiger partial charge in [0.1, 0.15) is 11.6 Å². The summed E-state index contributed by atoms with van der Waals surface area (Å²) in [7, 11) is 3.28. The van der Waals surface area contributed by atoms with Crippen LogP contribution in [0.5, 0.6) is 5.75 Å². The molecule has 0 aliphatic heterocycles. The summed E-state index contributed by atoms with van der Waals surface area (Å²) in [5.41, 5.74) is 1.51. The SMILES string of the molecule is COCCCNC(=O)c1ccc(NCCc2ccc(OC)cc2)nn1. The second kappa shape index (κ2) is 10.2. The highest BCUT2D eigenvalue weighted by Crippen LogP contribution is 2.12. The fraction of sp³-hybridized carbons (Fsp3) is 0.389. The summed E-state index contributed by atoms with van der Waals surface area (Å²) in [5, 5.41) is 14.0. The van der Waals surface area contributed by atoms with Crippen LogP contribution >= 0.6 is 0 Å². The highest BCUT2D eigenvalue weighted by Gasteiger charge is 2.07. The van der Waals surface area contributed by atoms with Gasteiger partial charge in [-0.1, -0.05) is 12.1 Å². The van der Waals surface area contributed by atoms with Crippen molar-refractivity contribution in [2.24, 2.45) is 0 Å². The van der Waals surface area contributed by atoms with Crippen LogP contribution in [0.2, 0.25) is 0 Å². The van der Waals surface area contributed by atoms with E-state index in [1.54, 1.807) is 26.4 Å². The van der Waals surface area contributed by atoms with E-state index in [0.717, 1.165) is 25.1 Å². The maximum absolute atomic E-state index is 11.9. The first-order valence-electron chi connectivity index (χ1n) is 8.20. The standard InChI is InChI=1S/C18H24N4O3/c1-24-13-3-11-20-18(23)16-8-9-17(22-21-16)19-12-10-14-4-6-15(25-2)7-5-14/h4-9H,3,10-13H2,1-2H3,(H,19,22)(H,20,23). The van der Waals surface area contributed by atoms with Crippen LogP contribution in [0.1, 0.15) is 22.5 Å². The molecule has 1 aromatic heterocycles. The van der Waals surface area contributed by atoms with Crippen LogP contribution in [0.25, 0.3) is 0 Å². The number of amides is 1. The van der Waals surface area contributed by atoms with Crippen molar-refractivity contribution in [3.05, 3.63) is 47.7 Å². The molecule has 0 saturated heterocycles. The van der Waals surface area contributed by atoms with Crippen LogP contribution in [-0.4, -0.2) is 50.0 Å². The normalized spacial score (nSPS) is 10.3. The zero-order valence-electron chi connectivity index (χ0n) is 14.6. The third-order valence-corrected chi connectivity index (χ3v) is 3.59. The summed E-state index contributed by atoms with van der Waals surface area (Å²) in [6.45, 7) is 1.89. The van der Waals surface area contributed by atoms with Crippen molar-refractivity contribution in [1.29, 1.82) is 0 Å². The summed E-state index contributed by atoms with van der Waals surface area (Å²) >= 11 is 0. The predicted octanol–water partition coefficient (Wildman–Crippen LogP) is 1.91. The highest BCUT2D eigenvalue weighted by atomic mass is 16.5. The second-order valence-corrected chi connectivity index (χ2v) is 5.43. The van der Waals surface area contributed by atoms with E-state index in [-0.39, 0.29) is 5.91 Å². The van der Waals surface area contributed by atoms with Crippen LogP contribution in [0.4, 0.5) is 5.82 Å². The van der Waals surface area contributed by atoms with Crippen LogP contribution in [-0.2, 0) is 11.2 Å². The Bertz CT molecular complexity index is 644. The number of carbonyl (C=O) groups excluding carboxylic acids is 1. The van der Waals surface area contributed by atoms with Gasteiger partial charge >= 0.3 is 0 Å². The molecule has 0 atom stereocenters. The van der Waals surface area contributed by atoms with Crippen molar-refractivity contribution in [2.75, 3.05) is 39.2 Å². The molecule has 2 N–H and O–H groups in total. The van der Waals surface area contributed by atoms with Gasteiger partial charge in [-0.25, -0.2) is 0 Å². The van der Waals surface area contributed by atoms with Crippen LogP contribution in [0, 0.1) is 0 Å². The van der Waals surface area contributed by atoms with Crippen molar-refractivity contribution in [3.63, 3.8) is 0 Å². The number of rotatable bonds is 10.